The van der Waals surface area contributed by atoms with Gasteiger partial charge in [0.05, 0.1) is 13.7 Å². The second-order valence-electron chi connectivity index (χ2n) is 7.19. The van der Waals surface area contributed by atoms with Crippen molar-refractivity contribution >= 4 is 6.09 Å². The zero-order valence-corrected chi connectivity index (χ0v) is 16.0. The minimum absolute atomic E-state index is 0.157. The molecule has 1 aromatic rings. The quantitative estimate of drug-likeness (QED) is 0.824. The standard InChI is InChI=1S/C20H31N3O3/c1-3-26-20(24)23-12-5-6-17(11-15-23)22-13-9-16(10-14-22)18-7-4-8-19(21-18)25-2/h4,7-8,16-17H,3,5-6,9-15H2,1-2H3. The van der Waals surface area contributed by atoms with Gasteiger partial charge in [-0.05, 0) is 58.2 Å². The lowest BCUT2D eigenvalue weighted by molar-refractivity contribution is 0.105. The molecule has 1 amide bonds. The van der Waals surface area contributed by atoms with Crippen LogP contribution in [0.15, 0.2) is 18.2 Å². The number of methoxy groups -OCH3 is 1. The summed E-state index contributed by atoms with van der Waals surface area (Å²) in [7, 11) is 1.67. The molecule has 1 atom stereocenters. The van der Waals surface area contributed by atoms with Crippen LogP contribution in [0.1, 0.15) is 50.6 Å². The van der Waals surface area contributed by atoms with Crippen LogP contribution in [-0.2, 0) is 4.74 Å². The van der Waals surface area contributed by atoms with E-state index in [0.717, 1.165) is 64.0 Å². The summed E-state index contributed by atoms with van der Waals surface area (Å²) in [6.07, 6.45) is 5.38. The fourth-order valence-corrected chi connectivity index (χ4v) is 4.17. The molecule has 0 spiro atoms. The van der Waals surface area contributed by atoms with Crippen LogP contribution in [0.2, 0.25) is 0 Å². The maximum atomic E-state index is 12.0. The van der Waals surface area contributed by atoms with Crippen molar-refractivity contribution in [1.29, 1.82) is 0 Å². The molecule has 0 aromatic carbocycles. The van der Waals surface area contributed by atoms with Crippen LogP contribution in [0.5, 0.6) is 5.88 Å². The van der Waals surface area contributed by atoms with Gasteiger partial charge in [0.25, 0.3) is 0 Å². The Balaban J connectivity index is 1.51. The normalized spacial score (nSPS) is 22.7. The van der Waals surface area contributed by atoms with Crippen molar-refractivity contribution in [2.45, 2.75) is 51.0 Å². The van der Waals surface area contributed by atoms with Crippen molar-refractivity contribution in [3.63, 3.8) is 0 Å². The summed E-state index contributed by atoms with van der Waals surface area (Å²) in [5.41, 5.74) is 1.15. The SMILES string of the molecule is CCOC(=O)N1CCCC(N2CCC(c3cccc(OC)n3)CC2)CC1. The molecule has 1 aromatic heterocycles. The second kappa shape index (κ2) is 9.21. The Morgan fingerprint density at radius 1 is 1.15 bits per heavy atom. The molecular formula is C20H31N3O3. The molecule has 0 aliphatic carbocycles. The first-order chi connectivity index (χ1) is 12.7. The van der Waals surface area contributed by atoms with E-state index in [1.54, 1.807) is 7.11 Å². The number of pyridine rings is 1. The zero-order chi connectivity index (χ0) is 18.4. The lowest BCUT2D eigenvalue weighted by atomic mass is 9.91. The Hall–Kier alpha value is -1.82. The van der Waals surface area contributed by atoms with Crippen LogP contribution in [0.25, 0.3) is 0 Å². The van der Waals surface area contributed by atoms with Crippen LogP contribution in [0, 0.1) is 0 Å². The second-order valence-corrected chi connectivity index (χ2v) is 7.19. The predicted octanol–water partition coefficient (Wildman–Crippen LogP) is 3.28. The van der Waals surface area contributed by atoms with Gasteiger partial charge in [-0.15, -0.1) is 0 Å². The first-order valence-corrected chi connectivity index (χ1v) is 9.88. The largest absolute Gasteiger partial charge is 0.481 e. The van der Waals surface area contributed by atoms with E-state index >= 15 is 0 Å². The zero-order valence-electron chi connectivity index (χ0n) is 16.0. The van der Waals surface area contributed by atoms with Gasteiger partial charge in [0.1, 0.15) is 0 Å². The molecule has 144 valence electrons. The van der Waals surface area contributed by atoms with Crippen LogP contribution in [-0.4, -0.2) is 66.8 Å². The van der Waals surface area contributed by atoms with E-state index < -0.39 is 0 Å². The van der Waals surface area contributed by atoms with E-state index in [2.05, 4.69) is 16.0 Å². The summed E-state index contributed by atoms with van der Waals surface area (Å²) < 4.78 is 10.4. The summed E-state index contributed by atoms with van der Waals surface area (Å²) in [5.74, 6) is 1.22. The molecule has 26 heavy (non-hydrogen) atoms. The van der Waals surface area contributed by atoms with E-state index in [1.165, 1.54) is 0 Å². The Morgan fingerprint density at radius 2 is 1.96 bits per heavy atom. The summed E-state index contributed by atoms with van der Waals surface area (Å²) in [4.78, 5) is 21.1. The van der Waals surface area contributed by atoms with Gasteiger partial charge in [0, 0.05) is 36.8 Å². The summed E-state index contributed by atoms with van der Waals surface area (Å²) in [5, 5.41) is 0. The maximum absolute atomic E-state index is 12.0. The number of nitrogens with zero attached hydrogens (tertiary/aromatic N) is 3. The highest BCUT2D eigenvalue weighted by Crippen LogP contribution is 2.30. The highest BCUT2D eigenvalue weighted by Gasteiger charge is 2.29. The van der Waals surface area contributed by atoms with Crippen molar-refractivity contribution in [2.75, 3.05) is 39.9 Å². The van der Waals surface area contributed by atoms with Gasteiger partial charge >= 0.3 is 6.09 Å². The number of aromatic nitrogens is 1. The number of ether oxygens (including phenoxy) is 2. The van der Waals surface area contributed by atoms with Gasteiger partial charge in [-0.2, -0.15) is 0 Å². The van der Waals surface area contributed by atoms with Crippen LogP contribution in [0.3, 0.4) is 0 Å². The first-order valence-electron chi connectivity index (χ1n) is 9.88. The van der Waals surface area contributed by atoms with Crippen molar-refractivity contribution in [3.05, 3.63) is 23.9 Å². The molecule has 3 heterocycles. The third kappa shape index (κ3) is 4.67. The maximum Gasteiger partial charge on any atom is 0.409 e. The van der Waals surface area contributed by atoms with Gasteiger partial charge in [-0.1, -0.05) is 6.07 Å². The molecule has 2 fully saturated rings. The van der Waals surface area contributed by atoms with Crippen molar-refractivity contribution in [2.24, 2.45) is 0 Å². The van der Waals surface area contributed by atoms with Gasteiger partial charge in [0.15, 0.2) is 0 Å². The molecule has 1 unspecified atom stereocenters. The minimum Gasteiger partial charge on any atom is -0.481 e. The molecule has 2 saturated heterocycles. The fourth-order valence-electron chi connectivity index (χ4n) is 4.17. The third-order valence-corrected chi connectivity index (χ3v) is 5.64. The number of rotatable bonds is 4. The molecule has 3 rings (SSSR count). The predicted molar refractivity (Wildman–Crippen MR) is 101 cm³/mol. The average molecular weight is 361 g/mol. The van der Waals surface area contributed by atoms with E-state index in [9.17, 15) is 4.79 Å². The molecule has 6 heteroatoms. The lowest BCUT2D eigenvalue weighted by Gasteiger charge is -2.37. The number of amides is 1. The van der Waals surface area contributed by atoms with E-state index in [0.29, 0.717) is 24.4 Å². The molecule has 6 nitrogen and oxygen atoms in total. The highest BCUT2D eigenvalue weighted by atomic mass is 16.6. The van der Waals surface area contributed by atoms with E-state index in [-0.39, 0.29) is 6.09 Å². The van der Waals surface area contributed by atoms with Crippen LogP contribution >= 0.6 is 0 Å². The number of hydrogen-bond acceptors (Lipinski definition) is 5. The number of carbonyl (C=O) groups excluding carboxylic acids is 1. The van der Waals surface area contributed by atoms with Crippen LogP contribution < -0.4 is 4.74 Å². The monoisotopic (exact) mass is 361 g/mol. The molecule has 2 aliphatic heterocycles. The molecular weight excluding hydrogens is 330 g/mol. The van der Waals surface area contributed by atoms with Gasteiger partial charge < -0.3 is 19.3 Å². The fraction of sp³-hybridized carbons (Fsp3) is 0.700. The highest BCUT2D eigenvalue weighted by molar-refractivity contribution is 5.67. The average Bonchev–Trinajstić information content (AvgIpc) is 2.95. The van der Waals surface area contributed by atoms with Crippen molar-refractivity contribution < 1.29 is 14.3 Å². The Labute approximate surface area is 156 Å². The van der Waals surface area contributed by atoms with E-state index in [1.807, 2.05) is 24.0 Å². The van der Waals surface area contributed by atoms with Gasteiger partial charge in [0.2, 0.25) is 5.88 Å². The summed E-state index contributed by atoms with van der Waals surface area (Å²) in [6.45, 7) is 6.14. The van der Waals surface area contributed by atoms with Crippen molar-refractivity contribution in [3.8, 4) is 5.88 Å². The molecule has 0 N–H and O–H groups in total. The van der Waals surface area contributed by atoms with Gasteiger partial charge in [-0.25, -0.2) is 9.78 Å². The van der Waals surface area contributed by atoms with Crippen LogP contribution in [0.4, 0.5) is 4.79 Å². The Morgan fingerprint density at radius 3 is 2.69 bits per heavy atom. The summed E-state index contributed by atoms with van der Waals surface area (Å²) >= 11 is 0. The third-order valence-electron chi connectivity index (χ3n) is 5.64. The van der Waals surface area contributed by atoms with E-state index in [4.69, 9.17) is 9.47 Å². The Bertz CT molecular complexity index is 587. The lowest BCUT2D eigenvalue weighted by Crippen LogP contribution is -2.42. The number of likely N-dealkylation sites (tertiary alicyclic amines) is 2. The summed E-state index contributed by atoms with van der Waals surface area (Å²) in [6, 6.07) is 6.63. The number of carbonyl (C=O) groups is 1. The smallest absolute Gasteiger partial charge is 0.409 e. The molecule has 0 bridgehead atoms. The number of piperidine rings is 1. The molecule has 2 aliphatic rings. The van der Waals surface area contributed by atoms with Gasteiger partial charge in [-0.3, -0.25) is 0 Å². The number of hydrogen-bond donors (Lipinski definition) is 0. The topological polar surface area (TPSA) is 54.9 Å². The Kier molecular flexibility index (Phi) is 6.72. The molecule has 0 saturated carbocycles. The van der Waals surface area contributed by atoms with Crippen molar-refractivity contribution in [1.82, 2.24) is 14.8 Å². The first kappa shape index (κ1) is 19.0. The minimum atomic E-state index is -0.157. The molecule has 0 radical (unpaired) electrons.